The molecule has 0 bridgehead atoms. The molecule has 0 atom stereocenters. The smallest absolute Gasteiger partial charge is 0.208 e. The highest BCUT2D eigenvalue weighted by atomic mass is 16.5. The first-order chi connectivity index (χ1) is 8.65. The topological polar surface area (TPSA) is 61.3 Å². The van der Waals surface area contributed by atoms with Gasteiger partial charge < -0.3 is 14.9 Å². The fourth-order valence-electron chi connectivity index (χ4n) is 1.91. The van der Waals surface area contributed by atoms with Crippen LogP contribution in [0.5, 0.6) is 5.75 Å². The van der Waals surface area contributed by atoms with E-state index in [9.17, 15) is 0 Å². The molecule has 0 saturated carbocycles. The Morgan fingerprint density at radius 2 is 2.06 bits per heavy atom. The number of hydrogen-bond donors (Lipinski definition) is 1. The van der Waals surface area contributed by atoms with Gasteiger partial charge in [0.05, 0.1) is 13.2 Å². The van der Waals surface area contributed by atoms with Gasteiger partial charge in [-0.05, 0) is 44.0 Å². The minimum atomic E-state index is 0.315. The molecular formula is C14H18N2O2. The van der Waals surface area contributed by atoms with Crippen LogP contribution in [0.1, 0.15) is 23.9 Å². The minimum Gasteiger partial charge on any atom is -0.494 e. The maximum atomic E-state index is 5.57. The molecule has 0 fully saturated rings. The van der Waals surface area contributed by atoms with Gasteiger partial charge in [-0.25, -0.2) is 4.98 Å². The highest BCUT2D eigenvalue weighted by Crippen LogP contribution is 2.29. The molecule has 2 rings (SSSR count). The average molecular weight is 246 g/mol. The summed E-state index contributed by atoms with van der Waals surface area (Å²) in [6, 6.07) is 4.10. The Labute approximate surface area is 107 Å². The summed E-state index contributed by atoms with van der Waals surface area (Å²) in [7, 11) is 0. The second-order valence-electron chi connectivity index (χ2n) is 4.20. The van der Waals surface area contributed by atoms with Crippen molar-refractivity contribution in [3.05, 3.63) is 35.4 Å². The van der Waals surface area contributed by atoms with Crippen LogP contribution < -0.4 is 10.5 Å². The maximum Gasteiger partial charge on any atom is 0.208 e. The third-order valence-electron chi connectivity index (χ3n) is 2.82. The Balaban J connectivity index is 2.42. The fourth-order valence-corrected chi connectivity index (χ4v) is 1.91. The van der Waals surface area contributed by atoms with Crippen molar-refractivity contribution in [2.75, 3.05) is 6.61 Å². The van der Waals surface area contributed by atoms with Crippen LogP contribution in [0.3, 0.4) is 0 Å². The van der Waals surface area contributed by atoms with Crippen LogP contribution in [-0.2, 0) is 6.54 Å². The molecule has 0 aliphatic heterocycles. The van der Waals surface area contributed by atoms with Crippen LogP contribution in [0.25, 0.3) is 11.3 Å². The number of hydrogen-bond acceptors (Lipinski definition) is 4. The molecule has 96 valence electrons. The second-order valence-corrected chi connectivity index (χ2v) is 4.20. The standard InChI is InChI=1S/C14H18N2O2/c1-4-17-13-6-9(2)11(5-10(13)3)12-8-18-14(7-15)16-12/h5-6,8H,4,7,15H2,1-3H3. The molecule has 0 spiro atoms. The van der Waals surface area contributed by atoms with E-state index >= 15 is 0 Å². The number of oxazole rings is 1. The predicted octanol–water partition coefficient (Wildman–Crippen LogP) is 2.82. The molecule has 4 nitrogen and oxygen atoms in total. The Morgan fingerprint density at radius 3 is 2.67 bits per heavy atom. The van der Waals surface area contributed by atoms with Crippen LogP contribution in [0.15, 0.2) is 22.8 Å². The highest BCUT2D eigenvalue weighted by molar-refractivity contribution is 5.65. The second kappa shape index (κ2) is 5.23. The zero-order valence-electron chi connectivity index (χ0n) is 11.0. The average Bonchev–Trinajstić information content (AvgIpc) is 2.82. The van der Waals surface area contributed by atoms with Gasteiger partial charge in [0.15, 0.2) is 0 Å². The Kier molecular flexibility index (Phi) is 3.67. The number of ether oxygens (including phenoxy) is 1. The molecule has 2 N–H and O–H groups in total. The van der Waals surface area contributed by atoms with Crippen molar-refractivity contribution in [3.8, 4) is 17.0 Å². The molecule has 1 heterocycles. The molecule has 0 saturated heterocycles. The SMILES string of the molecule is CCOc1cc(C)c(-c2coc(CN)n2)cc1C. The summed E-state index contributed by atoms with van der Waals surface area (Å²) in [5, 5.41) is 0. The van der Waals surface area contributed by atoms with Gasteiger partial charge in [0.25, 0.3) is 0 Å². The maximum absolute atomic E-state index is 5.57. The summed E-state index contributed by atoms with van der Waals surface area (Å²) in [5.74, 6) is 1.47. The van der Waals surface area contributed by atoms with Gasteiger partial charge in [-0.2, -0.15) is 0 Å². The molecular weight excluding hydrogens is 228 g/mol. The van der Waals surface area contributed by atoms with Crippen LogP contribution in [0.4, 0.5) is 0 Å². The van der Waals surface area contributed by atoms with Gasteiger partial charge in [0.2, 0.25) is 5.89 Å². The number of aromatic nitrogens is 1. The van der Waals surface area contributed by atoms with Crippen molar-refractivity contribution in [3.63, 3.8) is 0 Å². The first kappa shape index (κ1) is 12.6. The number of aryl methyl sites for hydroxylation is 2. The summed E-state index contributed by atoms with van der Waals surface area (Å²) in [5.41, 5.74) is 9.57. The lowest BCUT2D eigenvalue weighted by Crippen LogP contribution is -1.97. The molecule has 18 heavy (non-hydrogen) atoms. The van der Waals surface area contributed by atoms with Gasteiger partial charge >= 0.3 is 0 Å². The van der Waals surface area contributed by atoms with Gasteiger partial charge in [0, 0.05) is 5.56 Å². The van der Waals surface area contributed by atoms with E-state index in [2.05, 4.69) is 11.1 Å². The zero-order valence-corrected chi connectivity index (χ0v) is 11.0. The Morgan fingerprint density at radius 1 is 1.28 bits per heavy atom. The molecule has 2 aromatic rings. The molecule has 0 amide bonds. The van der Waals surface area contributed by atoms with E-state index in [0.717, 1.165) is 28.1 Å². The Hall–Kier alpha value is -1.81. The molecule has 0 aliphatic carbocycles. The van der Waals surface area contributed by atoms with Gasteiger partial charge in [-0.15, -0.1) is 0 Å². The minimum absolute atomic E-state index is 0.315. The summed E-state index contributed by atoms with van der Waals surface area (Å²) in [4.78, 5) is 4.34. The molecule has 1 aromatic heterocycles. The van der Waals surface area contributed by atoms with Crippen molar-refractivity contribution in [2.45, 2.75) is 27.3 Å². The number of nitrogens with two attached hydrogens (primary N) is 1. The van der Waals surface area contributed by atoms with Crippen molar-refractivity contribution >= 4 is 0 Å². The lowest BCUT2D eigenvalue weighted by molar-refractivity contribution is 0.337. The van der Waals surface area contributed by atoms with Gasteiger partial charge in [0.1, 0.15) is 17.7 Å². The van der Waals surface area contributed by atoms with E-state index in [1.165, 1.54) is 0 Å². The van der Waals surface area contributed by atoms with E-state index < -0.39 is 0 Å². The lowest BCUT2D eigenvalue weighted by Gasteiger charge is -2.10. The predicted molar refractivity (Wildman–Crippen MR) is 70.5 cm³/mol. The quantitative estimate of drug-likeness (QED) is 0.901. The summed E-state index contributed by atoms with van der Waals surface area (Å²) >= 11 is 0. The molecule has 1 aromatic carbocycles. The van der Waals surface area contributed by atoms with Crippen molar-refractivity contribution in [1.29, 1.82) is 0 Å². The van der Waals surface area contributed by atoms with E-state index in [1.54, 1.807) is 6.26 Å². The van der Waals surface area contributed by atoms with Gasteiger partial charge in [-0.3, -0.25) is 0 Å². The lowest BCUT2D eigenvalue weighted by atomic mass is 10.0. The third kappa shape index (κ3) is 2.38. The van der Waals surface area contributed by atoms with Crippen LogP contribution in [0, 0.1) is 13.8 Å². The first-order valence-electron chi connectivity index (χ1n) is 6.04. The Bertz CT molecular complexity index is 547. The van der Waals surface area contributed by atoms with Crippen LogP contribution in [0.2, 0.25) is 0 Å². The third-order valence-corrected chi connectivity index (χ3v) is 2.82. The molecule has 0 radical (unpaired) electrons. The number of rotatable bonds is 4. The number of nitrogens with zero attached hydrogens (tertiary/aromatic N) is 1. The van der Waals surface area contributed by atoms with Crippen LogP contribution >= 0.6 is 0 Å². The molecule has 0 aliphatic rings. The van der Waals surface area contributed by atoms with Crippen molar-refractivity contribution < 1.29 is 9.15 Å². The van der Waals surface area contributed by atoms with E-state index in [-0.39, 0.29) is 0 Å². The van der Waals surface area contributed by atoms with Crippen molar-refractivity contribution in [1.82, 2.24) is 4.98 Å². The van der Waals surface area contributed by atoms with Gasteiger partial charge in [-0.1, -0.05) is 0 Å². The fraction of sp³-hybridized carbons (Fsp3) is 0.357. The monoisotopic (exact) mass is 246 g/mol. The molecule has 0 unspecified atom stereocenters. The zero-order chi connectivity index (χ0) is 13.1. The largest absolute Gasteiger partial charge is 0.494 e. The normalized spacial score (nSPS) is 10.7. The highest BCUT2D eigenvalue weighted by Gasteiger charge is 2.11. The van der Waals surface area contributed by atoms with E-state index in [0.29, 0.717) is 19.0 Å². The van der Waals surface area contributed by atoms with E-state index in [1.807, 2.05) is 26.8 Å². The van der Waals surface area contributed by atoms with Crippen molar-refractivity contribution in [2.24, 2.45) is 5.73 Å². The first-order valence-corrected chi connectivity index (χ1v) is 6.04. The molecule has 4 heteroatoms. The summed E-state index contributed by atoms with van der Waals surface area (Å²) < 4.78 is 10.8. The van der Waals surface area contributed by atoms with E-state index in [4.69, 9.17) is 14.9 Å². The number of benzene rings is 1. The summed E-state index contributed by atoms with van der Waals surface area (Å²) in [6.07, 6.45) is 1.64. The van der Waals surface area contributed by atoms with Crippen LogP contribution in [-0.4, -0.2) is 11.6 Å². The summed E-state index contributed by atoms with van der Waals surface area (Å²) in [6.45, 7) is 7.02.